The van der Waals surface area contributed by atoms with E-state index in [1.165, 1.54) is 6.07 Å². The van der Waals surface area contributed by atoms with E-state index in [1.54, 1.807) is 0 Å². The van der Waals surface area contributed by atoms with Crippen molar-refractivity contribution in [2.45, 2.75) is 23.4 Å². The Kier molecular flexibility index (Phi) is 5.61. The number of rotatable bonds is 4. The Labute approximate surface area is 153 Å². The molecule has 0 aliphatic heterocycles. The summed E-state index contributed by atoms with van der Waals surface area (Å²) in [5, 5.41) is 9.15. The predicted octanol–water partition coefficient (Wildman–Crippen LogP) is 5.64. The Hall–Kier alpha value is -2.44. The SMILES string of the molecule is N#Cc1ccccc1C1(C(F)(C(F)(F)F)C(F)(F)F)C=C(CF)[CH]C(CF)=C1. The first-order valence-electron chi connectivity index (χ1n) is 7.60. The fourth-order valence-electron chi connectivity index (χ4n) is 3.21. The molecule has 0 bridgehead atoms. The lowest BCUT2D eigenvalue weighted by Crippen LogP contribution is -2.65. The van der Waals surface area contributed by atoms with Crippen molar-refractivity contribution in [1.29, 1.82) is 5.26 Å². The van der Waals surface area contributed by atoms with Gasteiger partial charge in [0.15, 0.2) is 0 Å². The molecule has 0 saturated carbocycles. The van der Waals surface area contributed by atoms with E-state index in [0.29, 0.717) is 12.5 Å². The van der Waals surface area contributed by atoms with E-state index in [2.05, 4.69) is 0 Å². The molecule has 151 valence electrons. The standard InChI is InChI=1S/C18H11F9N/c19-8-11-5-12(9-20)7-15(6-11,14-4-2-1-3-13(14)10-28)16(21,17(22,23)24)18(25,26)27/h1-7H,8-9H2. The lowest BCUT2D eigenvalue weighted by atomic mass is 9.62. The molecule has 0 unspecified atom stereocenters. The third kappa shape index (κ3) is 3.16. The molecule has 0 atom stereocenters. The molecule has 0 fully saturated rings. The van der Waals surface area contributed by atoms with Gasteiger partial charge in [0.1, 0.15) is 13.3 Å². The number of halogens is 9. The smallest absolute Gasteiger partial charge is 0.246 e. The van der Waals surface area contributed by atoms with Crippen molar-refractivity contribution in [2.75, 3.05) is 13.3 Å². The van der Waals surface area contributed by atoms with Gasteiger partial charge in [-0.3, -0.25) is 0 Å². The van der Waals surface area contributed by atoms with Gasteiger partial charge in [0, 0.05) is 6.42 Å². The monoisotopic (exact) mass is 412 g/mol. The van der Waals surface area contributed by atoms with Crippen molar-refractivity contribution in [3.8, 4) is 6.07 Å². The second-order valence-electron chi connectivity index (χ2n) is 6.03. The van der Waals surface area contributed by atoms with Crippen LogP contribution in [-0.2, 0) is 5.41 Å². The number of alkyl halides is 9. The first kappa shape index (κ1) is 21.9. The van der Waals surface area contributed by atoms with E-state index in [0.717, 1.165) is 18.2 Å². The summed E-state index contributed by atoms with van der Waals surface area (Å²) >= 11 is 0. The number of benzene rings is 1. The summed E-state index contributed by atoms with van der Waals surface area (Å²) in [7, 11) is 0. The van der Waals surface area contributed by atoms with Crippen LogP contribution in [0, 0.1) is 17.8 Å². The maximum Gasteiger partial charge on any atom is 0.433 e. The lowest BCUT2D eigenvalue weighted by Gasteiger charge is -2.46. The molecule has 0 spiro atoms. The van der Waals surface area contributed by atoms with Gasteiger partial charge in [0.05, 0.1) is 17.0 Å². The van der Waals surface area contributed by atoms with Crippen LogP contribution in [0.25, 0.3) is 0 Å². The summed E-state index contributed by atoms with van der Waals surface area (Å²) in [6.45, 7) is -3.14. The molecule has 0 saturated heterocycles. The van der Waals surface area contributed by atoms with Crippen LogP contribution in [-0.4, -0.2) is 31.4 Å². The number of hydrogen-bond acceptors (Lipinski definition) is 1. The molecule has 1 aromatic rings. The molecular formula is C18H11F9N. The highest BCUT2D eigenvalue weighted by Crippen LogP contribution is 2.60. The highest BCUT2D eigenvalue weighted by Gasteiger charge is 2.81. The van der Waals surface area contributed by atoms with Gasteiger partial charge in [-0.1, -0.05) is 30.4 Å². The van der Waals surface area contributed by atoms with Crippen molar-refractivity contribution < 1.29 is 39.5 Å². The van der Waals surface area contributed by atoms with E-state index in [-0.39, 0.29) is 12.2 Å². The first-order valence-corrected chi connectivity index (χ1v) is 7.60. The summed E-state index contributed by atoms with van der Waals surface area (Å²) in [5.41, 5.74) is -13.0. The lowest BCUT2D eigenvalue weighted by molar-refractivity contribution is -0.354. The summed E-state index contributed by atoms with van der Waals surface area (Å²) in [5.74, 6) is 0. The van der Waals surface area contributed by atoms with Crippen molar-refractivity contribution in [3.63, 3.8) is 0 Å². The Morgan fingerprint density at radius 3 is 1.68 bits per heavy atom. The third-order valence-electron chi connectivity index (χ3n) is 4.35. The van der Waals surface area contributed by atoms with Gasteiger partial charge in [-0.15, -0.1) is 0 Å². The molecule has 1 aliphatic rings. The number of hydrogen-bond donors (Lipinski definition) is 0. The second-order valence-corrected chi connectivity index (χ2v) is 6.03. The normalized spacial score (nSPS) is 17.6. The number of allylic oxidation sites excluding steroid dienone is 4. The van der Waals surface area contributed by atoms with Crippen LogP contribution in [0.3, 0.4) is 0 Å². The molecule has 10 heteroatoms. The van der Waals surface area contributed by atoms with Crippen LogP contribution in [0.2, 0.25) is 0 Å². The van der Waals surface area contributed by atoms with E-state index in [4.69, 9.17) is 5.26 Å². The zero-order valence-electron chi connectivity index (χ0n) is 13.8. The zero-order valence-corrected chi connectivity index (χ0v) is 13.8. The molecule has 1 aliphatic carbocycles. The van der Waals surface area contributed by atoms with Crippen LogP contribution in [0.4, 0.5) is 39.5 Å². The van der Waals surface area contributed by atoms with Gasteiger partial charge in [-0.25, -0.2) is 13.2 Å². The topological polar surface area (TPSA) is 23.8 Å². The van der Waals surface area contributed by atoms with Gasteiger partial charge in [0.25, 0.3) is 0 Å². The molecule has 28 heavy (non-hydrogen) atoms. The van der Waals surface area contributed by atoms with Crippen molar-refractivity contribution in [3.05, 3.63) is 65.1 Å². The fraction of sp³-hybridized carbons (Fsp3) is 0.333. The zero-order chi connectivity index (χ0) is 21.4. The van der Waals surface area contributed by atoms with Crippen molar-refractivity contribution in [2.24, 2.45) is 0 Å². The maximum absolute atomic E-state index is 15.3. The van der Waals surface area contributed by atoms with Crippen molar-refractivity contribution in [1.82, 2.24) is 0 Å². The van der Waals surface area contributed by atoms with Crippen molar-refractivity contribution >= 4 is 0 Å². The molecule has 0 amide bonds. The molecule has 1 radical (unpaired) electrons. The van der Waals surface area contributed by atoms with Crippen LogP contribution < -0.4 is 0 Å². The van der Waals surface area contributed by atoms with Gasteiger partial charge in [-0.05, 0) is 22.8 Å². The van der Waals surface area contributed by atoms with E-state index in [1.807, 2.05) is 0 Å². The fourth-order valence-corrected chi connectivity index (χ4v) is 3.21. The minimum atomic E-state index is -6.53. The van der Waals surface area contributed by atoms with Gasteiger partial charge >= 0.3 is 18.0 Å². The summed E-state index contributed by atoms with van der Waals surface area (Å²) < 4.78 is 123. The number of nitriles is 1. The van der Waals surface area contributed by atoms with Crippen LogP contribution in [0.15, 0.2) is 47.6 Å². The summed E-state index contributed by atoms with van der Waals surface area (Å²) in [6, 6.07) is 5.11. The second kappa shape index (κ2) is 7.18. The largest absolute Gasteiger partial charge is 0.433 e. The van der Waals surface area contributed by atoms with Gasteiger partial charge in [-0.2, -0.15) is 31.6 Å². The van der Waals surface area contributed by atoms with Crippen LogP contribution in [0.1, 0.15) is 11.1 Å². The average molecular weight is 412 g/mol. The Morgan fingerprint density at radius 1 is 0.821 bits per heavy atom. The minimum absolute atomic E-state index is 0.114. The molecule has 0 aromatic heterocycles. The number of nitrogens with zero attached hydrogens (tertiary/aromatic N) is 1. The highest BCUT2D eigenvalue weighted by atomic mass is 19.4. The molecule has 1 nitrogen and oxygen atoms in total. The van der Waals surface area contributed by atoms with E-state index < -0.39 is 59.1 Å². The Bertz CT molecular complexity index is 806. The van der Waals surface area contributed by atoms with Crippen LogP contribution >= 0.6 is 0 Å². The van der Waals surface area contributed by atoms with E-state index in [9.17, 15) is 35.1 Å². The quantitative estimate of drug-likeness (QED) is 0.588. The maximum atomic E-state index is 15.3. The molecule has 0 heterocycles. The Morgan fingerprint density at radius 2 is 1.29 bits per heavy atom. The molecule has 2 rings (SSSR count). The summed E-state index contributed by atoms with van der Waals surface area (Å²) in [6.07, 6.45) is -12.1. The van der Waals surface area contributed by atoms with Crippen LogP contribution in [0.5, 0.6) is 0 Å². The van der Waals surface area contributed by atoms with Gasteiger partial charge in [0.2, 0.25) is 0 Å². The Balaban J connectivity index is 3.08. The molecular weight excluding hydrogens is 401 g/mol. The predicted molar refractivity (Wildman–Crippen MR) is 81.2 cm³/mol. The van der Waals surface area contributed by atoms with Gasteiger partial charge < -0.3 is 0 Å². The highest BCUT2D eigenvalue weighted by molar-refractivity contribution is 5.57. The average Bonchev–Trinajstić information content (AvgIpc) is 2.64. The molecule has 0 N–H and O–H groups in total. The third-order valence-corrected chi connectivity index (χ3v) is 4.35. The van der Waals surface area contributed by atoms with E-state index >= 15 is 4.39 Å². The minimum Gasteiger partial charge on any atom is -0.246 e. The first-order chi connectivity index (χ1) is 12.9. The summed E-state index contributed by atoms with van der Waals surface area (Å²) in [4.78, 5) is 0. The molecule has 1 aromatic carbocycles.